The average molecular weight is 296 g/mol. The number of hydrogen-bond donors (Lipinski definition) is 1. The molecule has 3 nitrogen and oxygen atoms in total. The molecule has 0 fully saturated rings. The van der Waals surface area contributed by atoms with Crippen molar-refractivity contribution in [3.05, 3.63) is 27.7 Å². The maximum atomic E-state index is 5.58. The molecule has 0 unspecified atom stereocenters. The molecule has 0 aliphatic rings. The van der Waals surface area contributed by atoms with Crippen LogP contribution in [0.5, 0.6) is 0 Å². The Bertz CT molecular complexity index is 290. The Morgan fingerprint density at radius 3 is 3.08 bits per heavy atom. The molecule has 0 spiro atoms. The molecule has 1 aromatic rings. The Kier molecular flexibility index (Phi) is 3.74. The Morgan fingerprint density at radius 1 is 1.75 bits per heavy atom. The van der Waals surface area contributed by atoms with Crippen molar-refractivity contribution >= 4 is 40.0 Å². The molecule has 0 saturated heterocycles. The van der Waals surface area contributed by atoms with Gasteiger partial charge in [-0.1, -0.05) is 18.2 Å². The summed E-state index contributed by atoms with van der Waals surface area (Å²) >= 11 is 7.72. The molecule has 0 amide bonds. The maximum absolute atomic E-state index is 5.58. The zero-order valence-electron chi connectivity index (χ0n) is 6.22. The minimum atomic E-state index is 0.522. The standard InChI is InChI=1S/C7H7ClIN3/c1-5(8)2-11-7-6(9)3-10-4-12-7/h3-4H,1-2H2,(H,10,11,12). The third-order valence-corrected chi connectivity index (χ3v) is 2.04. The summed E-state index contributed by atoms with van der Waals surface area (Å²) in [4.78, 5) is 7.88. The first-order valence-corrected chi connectivity index (χ1v) is 4.68. The van der Waals surface area contributed by atoms with Crippen molar-refractivity contribution in [1.29, 1.82) is 0 Å². The summed E-state index contributed by atoms with van der Waals surface area (Å²) in [5, 5.41) is 3.58. The van der Waals surface area contributed by atoms with Gasteiger partial charge in [-0.15, -0.1) is 0 Å². The van der Waals surface area contributed by atoms with Gasteiger partial charge in [0.05, 0.1) is 10.1 Å². The summed E-state index contributed by atoms with van der Waals surface area (Å²) in [5.41, 5.74) is 0. The summed E-state index contributed by atoms with van der Waals surface area (Å²) in [6, 6.07) is 0. The highest BCUT2D eigenvalue weighted by molar-refractivity contribution is 14.1. The van der Waals surface area contributed by atoms with E-state index in [9.17, 15) is 0 Å². The third kappa shape index (κ3) is 2.94. The van der Waals surface area contributed by atoms with E-state index in [4.69, 9.17) is 11.6 Å². The number of nitrogens with zero attached hydrogens (tertiary/aromatic N) is 2. The predicted molar refractivity (Wildman–Crippen MR) is 58.2 cm³/mol. The second-order valence-electron chi connectivity index (χ2n) is 2.09. The van der Waals surface area contributed by atoms with Crippen molar-refractivity contribution in [1.82, 2.24) is 9.97 Å². The van der Waals surface area contributed by atoms with Crippen molar-refractivity contribution in [2.75, 3.05) is 11.9 Å². The lowest BCUT2D eigenvalue weighted by Crippen LogP contribution is -2.04. The molecule has 0 aromatic carbocycles. The summed E-state index contributed by atoms with van der Waals surface area (Å²) in [7, 11) is 0. The molecule has 0 saturated carbocycles. The molecule has 1 N–H and O–H groups in total. The van der Waals surface area contributed by atoms with Gasteiger partial charge in [0.1, 0.15) is 12.1 Å². The summed E-state index contributed by atoms with van der Waals surface area (Å²) in [6.45, 7) is 4.08. The van der Waals surface area contributed by atoms with E-state index in [-0.39, 0.29) is 0 Å². The van der Waals surface area contributed by atoms with Crippen LogP contribution in [0.15, 0.2) is 24.1 Å². The normalized spacial score (nSPS) is 9.50. The molecule has 0 atom stereocenters. The second-order valence-corrected chi connectivity index (χ2v) is 3.79. The van der Waals surface area contributed by atoms with E-state index >= 15 is 0 Å². The molecule has 1 heterocycles. The average Bonchev–Trinajstić information content (AvgIpc) is 2.03. The van der Waals surface area contributed by atoms with Gasteiger partial charge >= 0.3 is 0 Å². The highest BCUT2D eigenvalue weighted by Gasteiger charge is 1.98. The van der Waals surface area contributed by atoms with Gasteiger partial charge in [0.2, 0.25) is 0 Å². The molecule has 0 bridgehead atoms. The first-order valence-electron chi connectivity index (χ1n) is 3.23. The Labute approximate surface area is 89.4 Å². The molecule has 12 heavy (non-hydrogen) atoms. The van der Waals surface area contributed by atoms with Gasteiger partial charge in [-0.05, 0) is 22.6 Å². The van der Waals surface area contributed by atoms with Crippen LogP contribution in [0.25, 0.3) is 0 Å². The smallest absolute Gasteiger partial charge is 0.143 e. The van der Waals surface area contributed by atoms with Gasteiger partial charge in [-0.2, -0.15) is 0 Å². The molecule has 0 aliphatic heterocycles. The fourth-order valence-electron chi connectivity index (χ4n) is 0.622. The van der Waals surface area contributed by atoms with Crippen LogP contribution in [0, 0.1) is 3.57 Å². The van der Waals surface area contributed by atoms with Crippen LogP contribution in [0.2, 0.25) is 0 Å². The molecule has 1 aromatic heterocycles. The Morgan fingerprint density at radius 2 is 2.50 bits per heavy atom. The van der Waals surface area contributed by atoms with E-state index in [1.54, 1.807) is 6.20 Å². The van der Waals surface area contributed by atoms with Crippen molar-refractivity contribution in [3.63, 3.8) is 0 Å². The van der Waals surface area contributed by atoms with Gasteiger partial charge in [0.25, 0.3) is 0 Å². The van der Waals surface area contributed by atoms with E-state index in [1.807, 2.05) is 0 Å². The number of hydrogen-bond acceptors (Lipinski definition) is 3. The first kappa shape index (κ1) is 9.73. The number of anilines is 1. The van der Waals surface area contributed by atoms with Crippen LogP contribution in [-0.4, -0.2) is 16.5 Å². The lowest BCUT2D eigenvalue weighted by atomic mass is 10.5. The Hall–Kier alpha value is -0.360. The molecule has 5 heteroatoms. The molecule has 1 rings (SSSR count). The van der Waals surface area contributed by atoms with Gasteiger partial charge in [-0.3, -0.25) is 0 Å². The predicted octanol–water partition coefficient (Wildman–Crippen LogP) is 2.25. The fourth-order valence-corrected chi connectivity index (χ4v) is 1.18. The monoisotopic (exact) mass is 295 g/mol. The largest absolute Gasteiger partial charge is 0.364 e. The zero-order chi connectivity index (χ0) is 8.97. The maximum Gasteiger partial charge on any atom is 0.143 e. The quantitative estimate of drug-likeness (QED) is 0.869. The molecule has 64 valence electrons. The molecule has 0 aliphatic carbocycles. The summed E-state index contributed by atoms with van der Waals surface area (Å²) in [5.74, 6) is 0.785. The SMILES string of the molecule is C=C(Cl)CNc1ncncc1I. The van der Waals surface area contributed by atoms with Gasteiger partial charge in [0, 0.05) is 11.2 Å². The first-order chi connectivity index (χ1) is 5.70. The highest BCUT2D eigenvalue weighted by atomic mass is 127. The van der Waals surface area contributed by atoms with E-state index in [0.717, 1.165) is 9.39 Å². The molecule has 0 radical (unpaired) electrons. The van der Waals surface area contributed by atoms with Crippen LogP contribution in [0.4, 0.5) is 5.82 Å². The Balaban J connectivity index is 2.63. The van der Waals surface area contributed by atoms with Gasteiger partial charge in [0.15, 0.2) is 0 Å². The highest BCUT2D eigenvalue weighted by Crippen LogP contribution is 2.12. The van der Waals surface area contributed by atoms with Crippen LogP contribution < -0.4 is 5.32 Å². The van der Waals surface area contributed by atoms with Crippen LogP contribution in [0.1, 0.15) is 0 Å². The van der Waals surface area contributed by atoms with Crippen LogP contribution in [-0.2, 0) is 0 Å². The second kappa shape index (κ2) is 4.61. The number of aromatic nitrogens is 2. The number of halogens is 2. The zero-order valence-corrected chi connectivity index (χ0v) is 9.13. The van der Waals surface area contributed by atoms with Crippen LogP contribution >= 0.6 is 34.2 Å². The van der Waals surface area contributed by atoms with Crippen molar-refractivity contribution < 1.29 is 0 Å². The fraction of sp³-hybridized carbons (Fsp3) is 0.143. The van der Waals surface area contributed by atoms with Crippen molar-refractivity contribution in [3.8, 4) is 0 Å². The van der Waals surface area contributed by atoms with Gasteiger partial charge in [-0.25, -0.2) is 9.97 Å². The summed E-state index contributed by atoms with van der Waals surface area (Å²) < 4.78 is 0.966. The molecular weight excluding hydrogens is 288 g/mol. The van der Waals surface area contributed by atoms with E-state index in [2.05, 4.69) is 44.5 Å². The summed E-state index contributed by atoms with van der Waals surface area (Å²) in [6.07, 6.45) is 3.22. The van der Waals surface area contributed by atoms with E-state index in [1.165, 1.54) is 6.33 Å². The number of nitrogens with one attached hydrogen (secondary N) is 1. The molecular formula is C7H7ClIN3. The van der Waals surface area contributed by atoms with Crippen LogP contribution in [0.3, 0.4) is 0 Å². The third-order valence-electron chi connectivity index (χ3n) is 1.12. The minimum Gasteiger partial charge on any atom is -0.364 e. The lowest BCUT2D eigenvalue weighted by molar-refractivity contribution is 1.12. The number of rotatable bonds is 3. The lowest BCUT2D eigenvalue weighted by Gasteiger charge is -2.04. The van der Waals surface area contributed by atoms with E-state index < -0.39 is 0 Å². The topological polar surface area (TPSA) is 37.8 Å². The van der Waals surface area contributed by atoms with Gasteiger partial charge < -0.3 is 5.32 Å². The van der Waals surface area contributed by atoms with Crippen molar-refractivity contribution in [2.45, 2.75) is 0 Å². The van der Waals surface area contributed by atoms with Crippen molar-refractivity contribution in [2.24, 2.45) is 0 Å². The minimum absolute atomic E-state index is 0.522. The van der Waals surface area contributed by atoms with E-state index in [0.29, 0.717) is 11.6 Å².